The maximum atomic E-state index is 5.92. The molecule has 4 atom stereocenters. The summed E-state index contributed by atoms with van der Waals surface area (Å²) in [5.41, 5.74) is 0. The molecule has 0 spiro atoms. The van der Waals surface area contributed by atoms with Gasteiger partial charge in [-0.2, -0.15) is 0 Å². The van der Waals surface area contributed by atoms with Crippen LogP contribution < -0.4 is 10.6 Å². The maximum Gasteiger partial charge on any atom is 0.191 e. The lowest BCUT2D eigenvalue weighted by Gasteiger charge is -2.35. The summed E-state index contributed by atoms with van der Waals surface area (Å²) in [7, 11) is 1.86. The molecule has 3 saturated heterocycles. The molecule has 0 aromatic carbocycles. The summed E-state index contributed by atoms with van der Waals surface area (Å²) in [6.45, 7) is 12.7. The van der Waals surface area contributed by atoms with E-state index in [4.69, 9.17) is 4.74 Å². The number of nitrogens with one attached hydrogen (secondary N) is 2. The lowest BCUT2D eigenvalue weighted by atomic mass is 9.96. The highest BCUT2D eigenvalue weighted by Crippen LogP contribution is 2.34. The van der Waals surface area contributed by atoms with Crippen LogP contribution in [0.4, 0.5) is 0 Å². The number of nitrogens with zero attached hydrogens (tertiary/aromatic N) is 3. The topological polar surface area (TPSA) is 52.1 Å². The zero-order chi connectivity index (χ0) is 16.9. The minimum Gasteiger partial charge on any atom is -0.373 e. The second-order valence-electron chi connectivity index (χ2n) is 7.65. The Bertz CT molecular complexity index is 428. The number of hydrogen-bond acceptors (Lipinski definition) is 4. The van der Waals surface area contributed by atoms with Gasteiger partial charge in [0.2, 0.25) is 0 Å². The molecule has 0 aromatic heterocycles. The Morgan fingerprint density at radius 1 is 1.20 bits per heavy atom. The number of piperazine rings is 1. The molecule has 0 amide bonds. The third-order valence-electron chi connectivity index (χ3n) is 5.75. The third kappa shape index (κ3) is 5.94. The first-order chi connectivity index (χ1) is 11.7. The molecule has 3 heterocycles. The van der Waals surface area contributed by atoms with E-state index in [9.17, 15) is 0 Å². The van der Waals surface area contributed by atoms with Crippen LogP contribution in [-0.2, 0) is 4.74 Å². The molecule has 3 aliphatic rings. The van der Waals surface area contributed by atoms with E-state index in [1.165, 1.54) is 52.1 Å². The van der Waals surface area contributed by atoms with Crippen molar-refractivity contribution in [1.29, 1.82) is 0 Å². The summed E-state index contributed by atoms with van der Waals surface area (Å²) in [6, 6.07) is 0.437. The SMILES string of the molecule is CCN1CCN(CC(C)CNC(=NC)NC2CC3CCC2O3)CC1.I. The molecule has 146 valence electrons. The minimum atomic E-state index is 0. The third-order valence-corrected chi connectivity index (χ3v) is 5.75. The summed E-state index contributed by atoms with van der Waals surface area (Å²) < 4.78 is 5.92. The molecule has 7 heteroatoms. The summed E-state index contributed by atoms with van der Waals surface area (Å²) in [4.78, 5) is 9.52. The number of halogens is 1. The van der Waals surface area contributed by atoms with Crippen LogP contribution in [0.3, 0.4) is 0 Å². The highest BCUT2D eigenvalue weighted by Gasteiger charge is 2.41. The van der Waals surface area contributed by atoms with Crippen molar-refractivity contribution < 1.29 is 4.74 Å². The van der Waals surface area contributed by atoms with Crippen molar-refractivity contribution >= 4 is 29.9 Å². The first-order valence-corrected chi connectivity index (χ1v) is 9.75. The van der Waals surface area contributed by atoms with Crippen LogP contribution in [0.1, 0.15) is 33.1 Å². The zero-order valence-corrected chi connectivity index (χ0v) is 18.4. The van der Waals surface area contributed by atoms with Gasteiger partial charge in [0.05, 0.1) is 18.2 Å². The summed E-state index contributed by atoms with van der Waals surface area (Å²) in [5.74, 6) is 1.55. The van der Waals surface area contributed by atoms with Crippen molar-refractivity contribution in [2.75, 3.05) is 52.9 Å². The molecular weight excluding hydrogens is 429 g/mol. The smallest absolute Gasteiger partial charge is 0.191 e. The fraction of sp³-hybridized carbons (Fsp3) is 0.944. The van der Waals surface area contributed by atoms with E-state index >= 15 is 0 Å². The maximum absolute atomic E-state index is 5.92. The summed E-state index contributed by atoms with van der Waals surface area (Å²) in [6.07, 6.45) is 4.42. The molecule has 0 aromatic rings. The molecule has 0 radical (unpaired) electrons. The molecule has 4 unspecified atom stereocenters. The van der Waals surface area contributed by atoms with Crippen LogP contribution in [0.5, 0.6) is 0 Å². The second kappa shape index (κ2) is 10.3. The molecule has 3 rings (SSSR count). The molecule has 25 heavy (non-hydrogen) atoms. The van der Waals surface area contributed by atoms with Gasteiger partial charge in [0.25, 0.3) is 0 Å². The van der Waals surface area contributed by atoms with Crippen molar-refractivity contribution in [3.63, 3.8) is 0 Å². The van der Waals surface area contributed by atoms with E-state index in [1.807, 2.05) is 7.05 Å². The molecule has 3 fully saturated rings. The number of ether oxygens (including phenoxy) is 1. The molecule has 3 aliphatic heterocycles. The Hall–Kier alpha value is -0.120. The van der Waals surface area contributed by atoms with Crippen molar-refractivity contribution in [3.8, 4) is 0 Å². The normalized spacial score (nSPS) is 31.6. The first kappa shape index (κ1) is 21.2. The van der Waals surface area contributed by atoms with Crippen LogP contribution in [0, 0.1) is 5.92 Å². The second-order valence-corrected chi connectivity index (χ2v) is 7.65. The fourth-order valence-electron chi connectivity index (χ4n) is 4.22. The van der Waals surface area contributed by atoms with Gasteiger partial charge in [-0.25, -0.2) is 0 Å². The minimum absolute atomic E-state index is 0. The largest absolute Gasteiger partial charge is 0.373 e. The lowest BCUT2D eigenvalue weighted by molar-refractivity contribution is 0.0992. The molecule has 6 nitrogen and oxygen atoms in total. The van der Waals surface area contributed by atoms with Crippen LogP contribution in [0.25, 0.3) is 0 Å². The highest BCUT2D eigenvalue weighted by atomic mass is 127. The average molecular weight is 465 g/mol. The number of guanidine groups is 1. The van der Waals surface area contributed by atoms with Crippen molar-refractivity contribution in [2.45, 2.75) is 51.4 Å². The quantitative estimate of drug-likeness (QED) is 0.353. The van der Waals surface area contributed by atoms with Gasteiger partial charge in [0, 0.05) is 46.3 Å². The van der Waals surface area contributed by atoms with Gasteiger partial charge in [-0.3, -0.25) is 4.99 Å². The predicted octanol–water partition coefficient (Wildman–Crippen LogP) is 1.36. The van der Waals surface area contributed by atoms with Crippen LogP contribution >= 0.6 is 24.0 Å². The van der Waals surface area contributed by atoms with Gasteiger partial charge in [-0.1, -0.05) is 13.8 Å². The number of likely N-dealkylation sites (N-methyl/N-ethyl adjacent to an activating group) is 1. The molecule has 0 aliphatic carbocycles. The fourth-order valence-corrected chi connectivity index (χ4v) is 4.22. The molecule has 2 N–H and O–H groups in total. The zero-order valence-electron chi connectivity index (χ0n) is 16.0. The Kier molecular flexibility index (Phi) is 8.71. The Balaban J connectivity index is 0.00000225. The van der Waals surface area contributed by atoms with Crippen LogP contribution in [-0.4, -0.2) is 86.9 Å². The number of hydrogen-bond donors (Lipinski definition) is 2. The van der Waals surface area contributed by atoms with E-state index in [0.29, 0.717) is 24.2 Å². The van der Waals surface area contributed by atoms with Crippen molar-refractivity contribution in [2.24, 2.45) is 10.9 Å². The summed E-state index contributed by atoms with van der Waals surface area (Å²) in [5, 5.41) is 7.07. The Labute approximate surface area is 170 Å². The number of fused-ring (bicyclic) bond motifs is 2. The number of aliphatic imine (C=N–C) groups is 1. The first-order valence-electron chi connectivity index (χ1n) is 9.75. The Morgan fingerprint density at radius 2 is 1.92 bits per heavy atom. The van der Waals surface area contributed by atoms with Crippen LogP contribution in [0.2, 0.25) is 0 Å². The van der Waals surface area contributed by atoms with Gasteiger partial charge in [-0.05, 0) is 31.7 Å². The predicted molar refractivity (Wildman–Crippen MR) is 114 cm³/mol. The van der Waals surface area contributed by atoms with Crippen molar-refractivity contribution in [1.82, 2.24) is 20.4 Å². The van der Waals surface area contributed by atoms with E-state index in [0.717, 1.165) is 18.9 Å². The van der Waals surface area contributed by atoms with Gasteiger partial charge in [0.15, 0.2) is 5.96 Å². The van der Waals surface area contributed by atoms with E-state index < -0.39 is 0 Å². The summed E-state index contributed by atoms with van der Waals surface area (Å²) >= 11 is 0. The van der Waals surface area contributed by atoms with Gasteiger partial charge in [-0.15, -0.1) is 24.0 Å². The highest BCUT2D eigenvalue weighted by molar-refractivity contribution is 14.0. The Morgan fingerprint density at radius 3 is 2.48 bits per heavy atom. The van der Waals surface area contributed by atoms with Gasteiger partial charge in [0.1, 0.15) is 0 Å². The molecule has 2 bridgehead atoms. The molecule has 0 saturated carbocycles. The van der Waals surface area contributed by atoms with E-state index in [1.54, 1.807) is 0 Å². The average Bonchev–Trinajstić information content (AvgIpc) is 3.22. The standard InChI is InChI=1S/C18H35N5O.HI/c1-4-22-7-9-23(10-8-22)13-14(2)12-20-18(19-3)21-16-11-15-5-6-17(16)24-15;/h14-17H,4-13H2,1-3H3,(H2,19,20,21);1H. The van der Waals surface area contributed by atoms with Gasteiger partial charge < -0.3 is 25.2 Å². The molecular formula is C18H36IN5O. The van der Waals surface area contributed by atoms with Gasteiger partial charge >= 0.3 is 0 Å². The van der Waals surface area contributed by atoms with Crippen LogP contribution in [0.15, 0.2) is 4.99 Å². The van der Waals surface area contributed by atoms with Crippen molar-refractivity contribution in [3.05, 3.63) is 0 Å². The van der Waals surface area contributed by atoms with E-state index in [2.05, 4.69) is 39.3 Å². The monoisotopic (exact) mass is 465 g/mol. The van der Waals surface area contributed by atoms with E-state index in [-0.39, 0.29) is 24.0 Å². The lowest BCUT2D eigenvalue weighted by Crippen LogP contribution is -2.50. The number of rotatable bonds is 6.